The second-order valence-corrected chi connectivity index (χ2v) is 8.62. The third-order valence-electron chi connectivity index (χ3n) is 3.53. The zero-order chi connectivity index (χ0) is 17.5. The van der Waals surface area contributed by atoms with Gasteiger partial charge < -0.3 is 11.1 Å². The van der Waals surface area contributed by atoms with E-state index >= 15 is 0 Å². The topological polar surface area (TPSA) is 107 Å². The van der Waals surface area contributed by atoms with Crippen molar-refractivity contribution in [2.75, 3.05) is 11.1 Å². The second-order valence-electron chi connectivity index (χ2n) is 5.50. The fourth-order valence-electron chi connectivity index (χ4n) is 2.23. The Labute approximate surface area is 143 Å². The number of hydrogen-bond donors (Lipinski definition) is 2. The van der Waals surface area contributed by atoms with E-state index in [0.717, 1.165) is 3.97 Å². The maximum absolute atomic E-state index is 12.4. The zero-order valence-electron chi connectivity index (χ0n) is 13.1. The van der Waals surface area contributed by atoms with E-state index in [4.69, 9.17) is 5.73 Å². The molecule has 126 valence electrons. The number of nitrogen functional groups attached to an aromatic ring is 1. The fraction of sp³-hybridized carbons (Fsp3) is 0.200. The number of carbonyl (C=O) groups is 1. The summed E-state index contributed by atoms with van der Waals surface area (Å²) in [6.07, 6.45) is 0. The van der Waals surface area contributed by atoms with Crippen molar-refractivity contribution in [1.82, 2.24) is 8.96 Å². The van der Waals surface area contributed by atoms with E-state index in [0.29, 0.717) is 22.3 Å². The number of benzene rings is 1. The Hall–Kier alpha value is -2.39. The van der Waals surface area contributed by atoms with E-state index in [1.807, 2.05) is 5.38 Å². The fourth-order valence-corrected chi connectivity index (χ4v) is 4.02. The first-order chi connectivity index (χ1) is 11.3. The van der Waals surface area contributed by atoms with Crippen LogP contribution in [0.15, 0.2) is 35.0 Å². The Morgan fingerprint density at radius 2 is 2.08 bits per heavy atom. The largest absolute Gasteiger partial charge is 0.368 e. The molecule has 1 amide bonds. The highest BCUT2D eigenvalue weighted by Gasteiger charge is 2.24. The van der Waals surface area contributed by atoms with Gasteiger partial charge in [-0.1, -0.05) is 0 Å². The average Bonchev–Trinajstić information content (AvgIpc) is 3.13. The van der Waals surface area contributed by atoms with Gasteiger partial charge in [0.1, 0.15) is 0 Å². The van der Waals surface area contributed by atoms with Gasteiger partial charge in [0, 0.05) is 11.1 Å². The molecular weight excluding hydrogens is 348 g/mol. The summed E-state index contributed by atoms with van der Waals surface area (Å²) in [5.74, 6) is -0.335. The predicted molar refractivity (Wildman–Crippen MR) is 95.9 cm³/mol. The van der Waals surface area contributed by atoms with Crippen LogP contribution in [0.3, 0.4) is 0 Å². The van der Waals surface area contributed by atoms with Crippen molar-refractivity contribution in [3.05, 3.63) is 40.6 Å². The van der Waals surface area contributed by atoms with Crippen LogP contribution in [0.5, 0.6) is 0 Å². The summed E-state index contributed by atoms with van der Waals surface area (Å²) in [6.45, 7) is 3.16. The minimum absolute atomic E-state index is 0.0972. The lowest BCUT2D eigenvalue weighted by atomic mass is 10.2. The molecule has 2 aromatic heterocycles. The normalized spacial score (nSPS) is 12.0. The molecule has 0 atom stereocenters. The van der Waals surface area contributed by atoms with Crippen molar-refractivity contribution in [3.63, 3.8) is 0 Å². The number of carbonyl (C=O) groups excluding carboxylic acids is 1. The van der Waals surface area contributed by atoms with Crippen LogP contribution in [-0.4, -0.2) is 28.5 Å². The molecule has 0 saturated heterocycles. The van der Waals surface area contributed by atoms with Gasteiger partial charge >= 0.3 is 0 Å². The molecule has 0 aliphatic rings. The molecular formula is C15H16N4O3S2. The molecule has 7 nitrogen and oxygen atoms in total. The molecule has 0 bridgehead atoms. The third-order valence-corrected chi connectivity index (χ3v) is 6.30. The number of hydrogen-bond acceptors (Lipinski definition) is 6. The van der Waals surface area contributed by atoms with Crippen molar-refractivity contribution in [3.8, 4) is 0 Å². The lowest BCUT2D eigenvalue weighted by Gasteiger charge is -2.11. The maximum atomic E-state index is 12.4. The smallest absolute Gasteiger partial charge is 0.256 e. The van der Waals surface area contributed by atoms with Gasteiger partial charge in [0.05, 0.1) is 21.8 Å². The highest BCUT2D eigenvalue weighted by molar-refractivity contribution is 7.90. The standard InChI is InChI=1S/C15H16N4O3S2/c1-9(2)24(21,22)19-13-4-3-11(7-12(13)18-15(19)16)17-14(20)10-5-6-23-8-10/h3-9H,1-2H3,(H2,16,18)(H,17,20). The van der Waals surface area contributed by atoms with Gasteiger partial charge in [0.15, 0.2) is 0 Å². The van der Waals surface area contributed by atoms with Crippen LogP contribution in [0.4, 0.5) is 11.6 Å². The SMILES string of the molecule is CC(C)S(=O)(=O)n1c(N)nc2cc(NC(=O)c3ccsc3)ccc21. The molecule has 9 heteroatoms. The minimum atomic E-state index is -3.62. The Morgan fingerprint density at radius 1 is 1.33 bits per heavy atom. The van der Waals surface area contributed by atoms with E-state index in [1.165, 1.54) is 11.3 Å². The number of imidazole rings is 1. The first-order valence-corrected chi connectivity index (χ1v) is 9.61. The minimum Gasteiger partial charge on any atom is -0.368 e. The summed E-state index contributed by atoms with van der Waals surface area (Å²) >= 11 is 1.43. The number of anilines is 2. The Morgan fingerprint density at radius 3 is 2.71 bits per heavy atom. The molecule has 0 fully saturated rings. The molecule has 3 aromatic rings. The van der Waals surface area contributed by atoms with E-state index in [2.05, 4.69) is 10.3 Å². The van der Waals surface area contributed by atoms with E-state index in [1.54, 1.807) is 43.5 Å². The Bertz CT molecular complexity index is 1000. The van der Waals surface area contributed by atoms with Gasteiger partial charge in [-0.2, -0.15) is 11.3 Å². The molecule has 3 rings (SSSR count). The van der Waals surface area contributed by atoms with E-state index < -0.39 is 15.3 Å². The summed E-state index contributed by atoms with van der Waals surface area (Å²) < 4.78 is 25.9. The molecule has 0 saturated carbocycles. The number of nitrogens with one attached hydrogen (secondary N) is 1. The van der Waals surface area contributed by atoms with Crippen LogP contribution in [0.2, 0.25) is 0 Å². The first-order valence-electron chi connectivity index (χ1n) is 7.16. The number of amides is 1. The highest BCUT2D eigenvalue weighted by Crippen LogP contribution is 2.25. The molecule has 0 aliphatic carbocycles. The predicted octanol–water partition coefficient (Wildman–Crippen LogP) is 2.52. The van der Waals surface area contributed by atoms with Crippen LogP contribution in [-0.2, 0) is 10.0 Å². The summed E-state index contributed by atoms with van der Waals surface area (Å²) in [4.78, 5) is 16.2. The van der Waals surface area contributed by atoms with Gasteiger partial charge in [-0.25, -0.2) is 17.4 Å². The first kappa shape index (κ1) is 16.5. The molecule has 0 radical (unpaired) electrons. The average molecular weight is 364 g/mol. The van der Waals surface area contributed by atoms with Gasteiger partial charge in [0.2, 0.25) is 16.0 Å². The lowest BCUT2D eigenvalue weighted by molar-refractivity contribution is 0.102. The summed E-state index contributed by atoms with van der Waals surface area (Å²) in [6, 6.07) is 6.53. The van der Waals surface area contributed by atoms with Gasteiger partial charge in [-0.05, 0) is 43.5 Å². The molecule has 1 aromatic carbocycles. The summed E-state index contributed by atoms with van der Waals surface area (Å²) in [5.41, 5.74) is 7.66. The Kier molecular flexibility index (Phi) is 4.06. The molecule has 0 spiro atoms. The number of thiophene rings is 1. The molecule has 0 aliphatic heterocycles. The molecule has 0 unspecified atom stereocenters. The second kappa shape index (κ2) is 5.91. The monoisotopic (exact) mass is 364 g/mol. The van der Waals surface area contributed by atoms with Crippen LogP contribution in [0.1, 0.15) is 24.2 Å². The molecule has 3 N–H and O–H groups in total. The zero-order valence-corrected chi connectivity index (χ0v) is 14.7. The third kappa shape index (κ3) is 2.76. The number of nitrogens with zero attached hydrogens (tertiary/aromatic N) is 2. The van der Waals surface area contributed by atoms with Gasteiger partial charge in [-0.3, -0.25) is 4.79 Å². The summed E-state index contributed by atoms with van der Waals surface area (Å²) in [7, 11) is -3.62. The summed E-state index contributed by atoms with van der Waals surface area (Å²) in [5, 5.41) is 5.69. The number of fused-ring (bicyclic) bond motifs is 1. The highest BCUT2D eigenvalue weighted by atomic mass is 32.2. The van der Waals surface area contributed by atoms with Crippen LogP contribution < -0.4 is 11.1 Å². The lowest BCUT2D eigenvalue weighted by Crippen LogP contribution is -2.23. The van der Waals surface area contributed by atoms with Crippen molar-refractivity contribution >= 4 is 49.9 Å². The van der Waals surface area contributed by atoms with Crippen LogP contribution >= 0.6 is 11.3 Å². The van der Waals surface area contributed by atoms with E-state index in [9.17, 15) is 13.2 Å². The van der Waals surface area contributed by atoms with Crippen LogP contribution in [0, 0.1) is 0 Å². The van der Waals surface area contributed by atoms with Gasteiger partial charge in [-0.15, -0.1) is 0 Å². The van der Waals surface area contributed by atoms with Crippen molar-refractivity contribution < 1.29 is 13.2 Å². The van der Waals surface area contributed by atoms with Crippen molar-refractivity contribution in [1.29, 1.82) is 0 Å². The quantitative estimate of drug-likeness (QED) is 0.740. The van der Waals surface area contributed by atoms with E-state index in [-0.39, 0.29) is 11.9 Å². The maximum Gasteiger partial charge on any atom is 0.256 e. The Balaban J connectivity index is 2.01. The number of nitrogens with two attached hydrogens (primary N) is 1. The number of rotatable bonds is 4. The number of aromatic nitrogens is 2. The van der Waals surface area contributed by atoms with Gasteiger partial charge in [0.25, 0.3) is 5.91 Å². The van der Waals surface area contributed by atoms with Crippen molar-refractivity contribution in [2.24, 2.45) is 0 Å². The molecule has 24 heavy (non-hydrogen) atoms. The van der Waals surface area contributed by atoms with Crippen LogP contribution in [0.25, 0.3) is 11.0 Å². The van der Waals surface area contributed by atoms with Crippen molar-refractivity contribution in [2.45, 2.75) is 19.1 Å². The molecule has 2 heterocycles.